The average Bonchev–Trinajstić information content (AvgIpc) is 3.20. The summed E-state index contributed by atoms with van der Waals surface area (Å²) >= 11 is 0. The number of hydrogen-bond acceptors (Lipinski definition) is 7. The minimum atomic E-state index is -2.24. The molecule has 0 aliphatic rings. The summed E-state index contributed by atoms with van der Waals surface area (Å²) in [7, 11) is -0.606. The molecule has 2 aromatic carbocycles. The van der Waals surface area contributed by atoms with Crippen molar-refractivity contribution in [1.29, 1.82) is 0 Å². The molecule has 0 saturated heterocycles. The van der Waals surface area contributed by atoms with Crippen LogP contribution in [0.2, 0.25) is 0 Å². The number of rotatable bonds is 7. The van der Waals surface area contributed by atoms with Crippen molar-refractivity contribution in [2.45, 2.75) is 24.7 Å². The van der Waals surface area contributed by atoms with Crippen LogP contribution in [0.1, 0.15) is 31.0 Å². The van der Waals surface area contributed by atoms with Crippen LogP contribution in [0.25, 0.3) is 16.7 Å². The number of hydrazone groups is 1. The predicted octanol–water partition coefficient (Wildman–Crippen LogP) is 4.10. The Balaban J connectivity index is 1.70. The van der Waals surface area contributed by atoms with Gasteiger partial charge in [0.25, 0.3) is 0 Å². The Hall–Kier alpha value is -3.72. The third kappa shape index (κ3) is 4.73. The maximum atomic E-state index is 12.1. The van der Waals surface area contributed by atoms with E-state index >= 15 is 0 Å². The van der Waals surface area contributed by atoms with Gasteiger partial charge < -0.3 is 4.74 Å². The van der Waals surface area contributed by atoms with Gasteiger partial charge in [0, 0.05) is 17.2 Å². The fourth-order valence-corrected chi connectivity index (χ4v) is 4.11. The van der Waals surface area contributed by atoms with E-state index in [1.54, 1.807) is 36.4 Å². The molecule has 0 aliphatic carbocycles. The summed E-state index contributed by atoms with van der Waals surface area (Å²) in [6.07, 6.45) is 4.79. The van der Waals surface area contributed by atoms with Crippen LogP contribution < -0.4 is 10.2 Å². The molecule has 0 amide bonds. The monoisotopic (exact) mass is 462 g/mol. The first-order valence-corrected chi connectivity index (χ1v) is 12.5. The van der Waals surface area contributed by atoms with Gasteiger partial charge >= 0.3 is 0 Å². The molecule has 8 nitrogen and oxygen atoms in total. The van der Waals surface area contributed by atoms with Gasteiger partial charge in [0.05, 0.1) is 30.1 Å². The third-order valence-electron chi connectivity index (χ3n) is 5.10. The maximum absolute atomic E-state index is 12.1. The first-order chi connectivity index (χ1) is 15.8. The van der Waals surface area contributed by atoms with Crippen LogP contribution in [0.5, 0.6) is 5.75 Å². The van der Waals surface area contributed by atoms with Gasteiger partial charge in [-0.1, -0.05) is 32.0 Å². The van der Waals surface area contributed by atoms with Crippen molar-refractivity contribution in [2.75, 3.05) is 18.8 Å². The summed E-state index contributed by atoms with van der Waals surface area (Å²) in [5.74, 6) is 5.17. The van der Waals surface area contributed by atoms with E-state index in [0.29, 0.717) is 16.4 Å². The van der Waals surface area contributed by atoms with E-state index < -0.39 is 9.52 Å². The van der Waals surface area contributed by atoms with Gasteiger partial charge in [-0.05, 0) is 51.1 Å². The first-order valence-electron chi connectivity index (χ1n) is 10.4. The van der Waals surface area contributed by atoms with Crippen LogP contribution in [0.4, 0.5) is 5.82 Å². The van der Waals surface area contributed by atoms with Gasteiger partial charge in [0.2, 0.25) is 0 Å². The summed E-state index contributed by atoms with van der Waals surface area (Å²) in [5, 5.41) is 9.99. The number of nitrogens with zero attached hydrogens (tertiary/aromatic N) is 5. The van der Waals surface area contributed by atoms with Crippen LogP contribution >= 0.6 is 0 Å². The highest BCUT2D eigenvalue weighted by Crippen LogP contribution is 2.31. The number of aromatic nitrogens is 4. The maximum Gasteiger partial charge on any atom is 0.168 e. The number of anilines is 1. The Morgan fingerprint density at radius 2 is 1.94 bits per heavy atom. The topological polar surface area (TPSA) is 94.3 Å². The lowest BCUT2D eigenvalue weighted by Gasteiger charge is -2.06. The van der Waals surface area contributed by atoms with Crippen LogP contribution in [0.15, 0.2) is 64.9 Å². The molecule has 0 radical (unpaired) electrons. The van der Waals surface area contributed by atoms with E-state index in [-0.39, 0.29) is 5.92 Å². The summed E-state index contributed by atoms with van der Waals surface area (Å²) in [4.78, 5) is 9.61. The second kappa shape index (κ2) is 9.03. The standard InChI is InChI=1S/C24H26N6O2S/c1-16(2)22-21-23(28-27-14-17-9-11-20(12-10-17)33(4,5)31)25-15-26-24(21)30(29-22)18-7-6-8-19(13-18)32-3/h6-16H,4H2,1-3,5H3,(H,25,26,28)/b27-14+. The van der Waals surface area contributed by atoms with Crippen molar-refractivity contribution in [3.63, 3.8) is 0 Å². The normalized spacial score (nSPS) is 13.5. The molecular weight excluding hydrogens is 436 g/mol. The van der Waals surface area contributed by atoms with Crippen molar-refractivity contribution < 1.29 is 8.95 Å². The van der Waals surface area contributed by atoms with Gasteiger partial charge in [0.15, 0.2) is 11.5 Å². The van der Waals surface area contributed by atoms with E-state index in [2.05, 4.69) is 40.2 Å². The van der Waals surface area contributed by atoms with Crippen molar-refractivity contribution >= 4 is 38.5 Å². The molecule has 4 rings (SSSR count). The second-order valence-electron chi connectivity index (χ2n) is 8.02. The van der Waals surface area contributed by atoms with Gasteiger partial charge in [0.1, 0.15) is 12.1 Å². The van der Waals surface area contributed by atoms with Crippen LogP contribution in [0, 0.1) is 0 Å². The van der Waals surface area contributed by atoms with Crippen LogP contribution in [0.3, 0.4) is 0 Å². The third-order valence-corrected chi connectivity index (χ3v) is 6.37. The number of ether oxygens (including phenoxy) is 1. The van der Waals surface area contributed by atoms with E-state index in [4.69, 9.17) is 9.84 Å². The largest absolute Gasteiger partial charge is 0.497 e. The molecule has 1 unspecified atom stereocenters. The predicted molar refractivity (Wildman–Crippen MR) is 134 cm³/mol. The second-order valence-corrected chi connectivity index (χ2v) is 10.5. The van der Waals surface area contributed by atoms with Crippen molar-refractivity contribution in [2.24, 2.45) is 5.10 Å². The lowest BCUT2D eigenvalue weighted by molar-refractivity contribution is 0.414. The Kier molecular flexibility index (Phi) is 6.15. The summed E-state index contributed by atoms with van der Waals surface area (Å²) in [5.41, 5.74) is 6.28. The summed E-state index contributed by atoms with van der Waals surface area (Å²) in [6, 6.07) is 15.0. The van der Waals surface area contributed by atoms with Crippen molar-refractivity contribution in [3.05, 3.63) is 66.1 Å². The van der Waals surface area contributed by atoms with Crippen molar-refractivity contribution in [3.8, 4) is 11.4 Å². The number of fused-ring (bicyclic) bond motifs is 1. The molecule has 0 spiro atoms. The highest BCUT2D eigenvalue weighted by Gasteiger charge is 2.20. The number of hydrogen-bond donors (Lipinski definition) is 1. The fraction of sp³-hybridized carbons (Fsp3) is 0.208. The molecule has 2 heterocycles. The molecule has 0 fully saturated rings. The highest BCUT2D eigenvalue weighted by molar-refractivity contribution is 7.99. The Bertz CT molecular complexity index is 1420. The molecule has 170 valence electrons. The van der Waals surface area contributed by atoms with E-state index in [0.717, 1.165) is 28.1 Å². The molecule has 9 heteroatoms. The summed E-state index contributed by atoms with van der Waals surface area (Å²) in [6.45, 7) is 4.15. The molecule has 1 N–H and O–H groups in total. The molecule has 0 saturated carbocycles. The Morgan fingerprint density at radius 1 is 1.18 bits per heavy atom. The number of nitrogens with one attached hydrogen (secondary N) is 1. The van der Waals surface area contributed by atoms with E-state index in [1.807, 2.05) is 36.4 Å². The molecule has 2 aromatic heterocycles. The number of benzene rings is 2. The van der Waals surface area contributed by atoms with E-state index in [1.165, 1.54) is 6.33 Å². The van der Waals surface area contributed by atoms with Gasteiger partial charge in [-0.3, -0.25) is 9.63 Å². The van der Waals surface area contributed by atoms with Crippen molar-refractivity contribution in [1.82, 2.24) is 19.7 Å². The minimum absolute atomic E-state index is 0.147. The quantitative estimate of drug-likeness (QED) is 0.252. The van der Waals surface area contributed by atoms with Crippen LogP contribution in [-0.4, -0.2) is 49.4 Å². The Morgan fingerprint density at radius 3 is 2.61 bits per heavy atom. The molecule has 4 aromatic rings. The SMILES string of the molecule is C=S(C)(=O)c1ccc(/C=N/Nc2ncnc3c2c(C(C)C)nn3-c2cccc(OC)c2)cc1. The summed E-state index contributed by atoms with van der Waals surface area (Å²) < 4.78 is 19.2. The Labute approximate surface area is 193 Å². The fourth-order valence-electron chi connectivity index (χ4n) is 3.40. The highest BCUT2D eigenvalue weighted by atomic mass is 32.2. The van der Waals surface area contributed by atoms with Gasteiger partial charge in [-0.25, -0.2) is 14.6 Å². The first kappa shape index (κ1) is 22.5. The zero-order chi connectivity index (χ0) is 23.6. The zero-order valence-electron chi connectivity index (χ0n) is 19.0. The van der Waals surface area contributed by atoms with E-state index in [9.17, 15) is 4.21 Å². The lowest BCUT2D eigenvalue weighted by atomic mass is 10.1. The molecule has 0 bridgehead atoms. The minimum Gasteiger partial charge on any atom is -0.497 e. The number of methoxy groups -OCH3 is 1. The molecule has 0 aliphatic heterocycles. The van der Waals surface area contributed by atoms with Gasteiger partial charge in [-0.15, -0.1) is 0 Å². The lowest BCUT2D eigenvalue weighted by Crippen LogP contribution is -2.00. The molecular formula is C24H26N6O2S. The average molecular weight is 463 g/mol. The van der Waals surface area contributed by atoms with Gasteiger partial charge in [-0.2, -0.15) is 10.2 Å². The molecule has 1 atom stereocenters. The smallest absolute Gasteiger partial charge is 0.168 e. The van der Waals surface area contributed by atoms with Crippen LogP contribution in [-0.2, 0) is 9.52 Å². The molecule has 33 heavy (non-hydrogen) atoms. The zero-order valence-corrected chi connectivity index (χ0v) is 19.8.